The van der Waals surface area contributed by atoms with Crippen LogP contribution < -0.4 is 5.32 Å². The molecule has 1 amide bonds. The van der Waals surface area contributed by atoms with E-state index in [1.54, 1.807) is 0 Å². The molecule has 0 aliphatic carbocycles. The Morgan fingerprint density at radius 3 is 2.62 bits per heavy atom. The van der Waals surface area contributed by atoms with E-state index in [2.05, 4.69) is 5.32 Å². The maximum atomic E-state index is 12.1. The average Bonchev–Trinajstić information content (AvgIpc) is 2.82. The third-order valence-corrected chi connectivity index (χ3v) is 4.26. The van der Waals surface area contributed by atoms with Crippen LogP contribution in [0.4, 0.5) is 0 Å². The summed E-state index contributed by atoms with van der Waals surface area (Å²) in [4.78, 5) is 12.1. The number of amides is 1. The molecule has 0 spiro atoms. The van der Waals surface area contributed by atoms with Crippen LogP contribution in [0.25, 0.3) is 10.9 Å². The van der Waals surface area contributed by atoms with Crippen LogP contribution in [0.2, 0.25) is 0 Å². The summed E-state index contributed by atoms with van der Waals surface area (Å²) in [6, 6.07) is 8.06. The van der Waals surface area contributed by atoms with E-state index in [9.17, 15) is 9.90 Å². The molecule has 0 fully saturated rings. The lowest BCUT2D eigenvalue weighted by atomic mass is 9.97. The number of hydrogen-bond donors (Lipinski definition) is 2. The Labute approximate surface area is 125 Å². The maximum Gasteiger partial charge on any atom is 0.224 e. The first-order valence-electron chi connectivity index (χ1n) is 7.51. The van der Waals surface area contributed by atoms with E-state index in [0.29, 0.717) is 25.8 Å². The quantitative estimate of drug-likeness (QED) is 0.857. The molecule has 1 heterocycles. The summed E-state index contributed by atoms with van der Waals surface area (Å²) >= 11 is 0. The number of fused-ring (bicyclic) bond motifs is 1. The molecule has 2 aromatic rings. The monoisotopic (exact) mass is 288 g/mol. The van der Waals surface area contributed by atoms with Crippen molar-refractivity contribution >= 4 is 16.8 Å². The van der Waals surface area contributed by atoms with Gasteiger partial charge in [-0.25, -0.2) is 0 Å². The standard InChI is InChI=1S/C17H24N2O2/c1-4-17(21,5-2)12-18-16(20)10-13-11-19(3)15-9-7-6-8-14(13)15/h6-9,11,21H,4-5,10,12H2,1-3H3,(H,18,20). The molecule has 1 aromatic heterocycles. The zero-order valence-corrected chi connectivity index (χ0v) is 13.0. The molecule has 0 atom stereocenters. The Kier molecular flexibility index (Phi) is 4.68. The van der Waals surface area contributed by atoms with E-state index < -0.39 is 5.60 Å². The number of rotatable bonds is 6. The predicted octanol–water partition coefficient (Wildman–Crippen LogP) is 2.39. The first-order valence-corrected chi connectivity index (χ1v) is 7.51. The molecule has 21 heavy (non-hydrogen) atoms. The lowest BCUT2D eigenvalue weighted by Crippen LogP contribution is -2.42. The molecule has 4 heteroatoms. The second kappa shape index (κ2) is 6.31. The Hall–Kier alpha value is -1.81. The molecule has 4 nitrogen and oxygen atoms in total. The van der Waals surface area contributed by atoms with Crippen LogP contribution in [-0.4, -0.2) is 27.7 Å². The second-order valence-corrected chi connectivity index (χ2v) is 5.67. The van der Waals surface area contributed by atoms with Crippen LogP contribution in [0.5, 0.6) is 0 Å². The smallest absolute Gasteiger partial charge is 0.224 e. The van der Waals surface area contributed by atoms with Crippen molar-refractivity contribution in [2.75, 3.05) is 6.54 Å². The van der Waals surface area contributed by atoms with Gasteiger partial charge in [-0.15, -0.1) is 0 Å². The van der Waals surface area contributed by atoms with E-state index >= 15 is 0 Å². The van der Waals surface area contributed by atoms with Gasteiger partial charge in [0.2, 0.25) is 5.91 Å². The van der Waals surface area contributed by atoms with Gasteiger partial charge in [0.1, 0.15) is 0 Å². The fraction of sp³-hybridized carbons (Fsp3) is 0.471. The molecule has 0 radical (unpaired) electrons. The largest absolute Gasteiger partial charge is 0.388 e. The molecule has 0 saturated heterocycles. The number of aromatic nitrogens is 1. The van der Waals surface area contributed by atoms with Crippen LogP contribution >= 0.6 is 0 Å². The zero-order valence-electron chi connectivity index (χ0n) is 13.0. The summed E-state index contributed by atoms with van der Waals surface area (Å²) in [5.74, 6) is -0.0494. The van der Waals surface area contributed by atoms with Gasteiger partial charge in [-0.2, -0.15) is 0 Å². The van der Waals surface area contributed by atoms with Crippen molar-refractivity contribution < 1.29 is 9.90 Å². The van der Waals surface area contributed by atoms with Gasteiger partial charge in [0.15, 0.2) is 0 Å². The summed E-state index contributed by atoms with van der Waals surface area (Å²) in [7, 11) is 1.98. The van der Waals surface area contributed by atoms with Crippen LogP contribution in [0.15, 0.2) is 30.5 Å². The first kappa shape index (κ1) is 15.6. The first-order chi connectivity index (χ1) is 9.99. The molecule has 0 aliphatic heterocycles. The third kappa shape index (κ3) is 3.45. The number of carbonyl (C=O) groups is 1. The summed E-state index contributed by atoms with van der Waals surface area (Å²) in [5.41, 5.74) is 1.34. The predicted molar refractivity (Wildman–Crippen MR) is 85.2 cm³/mol. The fourth-order valence-corrected chi connectivity index (χ4v) is 2.57. The van der Waals surface area contributed by atoms with Gasteiger partial charge in [0.05, 0.1) is 12.0 Å². The highest BCUT2D eigenvalue weighted by Crippen LogP contribution is 2.20. The highest BCUT2D eigenvalue weighted by molar-refractivity contribution is 5.89. The van der Waals surface area contributed by atoms with Crippen molar-refractivity contribution in [1.29, 1.82) is 0 Å². The van der Waals surface area contributed by atoms with Gasteiger partial charge in [0.25, 0.3) is 0 Å². The molecule has 0 aliphatic rings. The summed E-state index contributed by atoms with van der Waals surface area (Å²) in [6.07, 6.45) is 3.61. The van der Waals surface area contributed by atoms with Crippen LogP contribution in [0, 0.1) is 0 Å². The summed E-state index contributed by atoms with van der Waals surface area (Å²) in [6.45, 7) is 4.17. The number of nitrogens with zero attached hydrogens (tertiary/aromatic N) is 1. The number of nitrogens with one attached hydrogen (secondary N) is 1. The number of hydrogen-bond acceptors (Lipinski definition) is 2. The Balaban J connectivity index is 2.05. The van der Waals surface area contributed by atoms with Crippen molar-refractivity contribution in [2.24, 2.45) is 7.05 Å². The number of aryl methyl sites for hydroxylation is 1. The molecule has 2 N–H and O–H groups in total. The van der Waals surface area contributed by atoms with E-state index in [0.717, 1.165) is 16.5 Å². The van der Waals surface area contributed by atoms with E-state index in [4.69, 9.17) is 0 Å². The Bertz CT molecular complexity index is 627. The van der Waals surface area contributed by atoms with Crippen molar-refractivity contribution in [3.05, 3.63) is 36.0 Å². The van der Waals surface area contributed by atoms with E-state index in [-0.39, 0.29) is 5.91 Å². The Morgan fingerprint density at radius 2 is 1.95 bits per heavy atom. The zero-order chi connectivity index (χ0) is 15.5. The van der Waals surface area contributed by atoms with Crippen LogP contribution in [-0.2, 0) is 18.3 Å². The van der Waals surface area contributed by atoms with Crippen molar-refractivity contribution in [3.8, 4) is 0 Å². The molecular formula is C17H24N2O2. The fourth-order valence-electron chi connectivity index (χ4n) is 2.57. The molecule has 2 rings (SSSR count). The van der Waals surface area contributed by atoms with Gasteiger partial charge in [-0.3, -0.25) is 4.79 Å². The second-order valence-electron chi connectivity index (χ2n) is 5.67. The molecule has 114 valence electrons. The van der Waals surface area contributed by atoms with E-state index in [1.807, 2.05) is 55.9 Å². The van der Waals surface area contributed by atoms with E-state index in [1.165, 1.54) is 0 Å². The van der Waals surface area contributed by atoms with Crippen molar-refractivity contribution in [1.82, 2.24) is 9.88 Å². The highest BCUT2D eigenvalue weighted by Gasteiger charge is 2.22. The van der Waals surface area contributed by atoms with Gasteiger partial charge in [-0.1, -0.05) is 32.0 Å². The van der Waals surface area contributed by atoms with Crippen LogP contribution in [0.1, 0.15) is 32.3 Å². The maximum absolute atomic E-state index is 12.1. The molecule has 0 bridgehead atoms. The van der Waals surface area contributed by atoms with Crippen molar-refractivity contribution in [3.63, 3.8) is 0 Å². The van der Waals surface area contributed by atoms with Gasteiger partial charge >= 0.3 is 0 Å². The molecule has 1 aromatic carbocycles. The number of carbonyl (C=O) groups excluding carboxylic acids is 1. The van der Waals surface area contributed by atoms with Crippen LogP contribution in [0.3, 0.4) is 0 Å². The third-order valence-electron chi connectivity index (χ3n) is 4.26. The number of para-hydroxylation sites is 1. The van der Waals surface area contributed by atoms with Gasteiger partial charge in [0, 0.05) is 30.7 Å². The number of benzene rings is 1. The van der Waals surface area contributed by atoms with Crippen molar-refractivity contribution in [2.45, 2.75) is 38.7 Å². The minimum Gasteiger partial charge on any atom is -0.388 e. The summed E-state index contributed by atoms with van der Waals surface area (Å²) < 4.78 is 2.03. The van der Waals surface area contributed by atoms with Gasteiger partial charge in [-0.05, 0) is 24.5 Å². The molecule has 0 saturated carbocycles. The Morgan fingerprint density at radius 1 is 1.29 bits per heavy atom. The SMILES string of the molecule is CCC(O)(CC)CNC(=O)Cc1cn(C)c2ccccc12. The minimum absolute atomic E-state index is 0.0494. The van der Waals surface area contributed by atoms with Gasteiger partial charge < -0.3 is 15.0 Å². The number of aliphatic hydroxyl groups is 1. The topological polar surface area (TPSA) is 54.3 Å². The molecule has 0 unspecified atom stereocenters. The summed E-state index contributed by atoms with van der Waals surface area (Å²) in [5, 5.41) is 14.2. The lowest BCUT2D eigenvalue weighted by molar-refractivity contribution is -0.121. The normalized spacial score (nSPS) is 11.8. The molecular weight excluding hydrogens is 264 g/mol. The average molecular weight is 288 g/mol. The lowest BCUT2D eigenvalue weighted by Gasteiger charge is -2.25. The minimum atomic E-state index is -0.797. The highest BCUT2D eigenvalue weighted by atomic mass is 16.3.